The number of halogens is 1. The molecule has 0 bridgehead atoms. The number of hydrogen-bond donors (Lipinski definition) is 3. The molecule has 1 aromatic rings. The molecule has 3 saturated carbocycles. The van der Waals surface area contributed by atoms with Crippen LogP contribution in [-0.4, -0.2) is 56.8 Å². The second-order valence-corrected chi connectivity index (χ2v) is 11.2. The molecule has 0 amide bonds. The van der Waals surface area contributed by atoms with Crippen LogP contribution in [0, 0.1) is 22.7 Å². The fraction of sp³-hybridized carbons (Fsp3) is 0.536. The summed E-state index contributed by atoms with van der Waals surface area (Å²) in [5.41, 5.74) is -5.67. The van der Waals surface area contributed by atoms with Crippen LogP contribution in [0.1, 0.15) is 56.3 Å². The monoisotopic (exact) mass is 498 g/mol. The highest BCUT2D eigenvalue weighted by Gasteiger charge is 2.74. The third-order valence-electron chi connectivity index (χ3n) is 9.71. The summed E-state index contributed by atoms with van der Waals surface area (Å²) in [6, 6.07) is 5.78. The highest BCUT2D eigenvalue weighted by atomic mass is 19.1. The maximum Gasteiger partial charge on any atom is 0.342 e. The first kappa shape index (κ1) is 24.8. The molecule has 7 unspecified atom stereocenters. The summed E-state index contributed by atoms with van der Waals surface area (Å²) in [6.07, 6.45) is 4.08. The molecule has 0 spiro atoms. The van der Waals surface area contributed by atoms with Crippen LogP contribution in [0.5, 0.6) is 5.75 Å². The van der Waals surface area contributed by atoms with Crippen LogP contribution in [0.15, 0.2) is 48.1 Å². The number of alkyl halides is 1. The normalized spacial score (nSPS) is 41.1. The number of phenols is 1. The van der Waals surface area contributed by atoms with Crippen molar-refractivity contribution < 1.29 is 38.8 Å². The predicted octanol–water partition coefficient (Wildman–Crippen LogP) is 3.22. The van der Waals surface area contributed by atoms with Gasteiger partial charge in [-0.1, -0.05) is 30.7 Å². The fourth-order valence-electron chi connectivity index (χ4n) is 7.65. The van der Waals surface area contributed by atoms with E-state index >= 15 is 4.39 Å². The maximum absolute atomic E-state index is 17.1. The molecule has 7 atom stereocenters. The lowest BCUT2D eigenvalue weighted by Crippen LogP contribution is -2.69. The second-order valence-electron chi connectivity index (χ2n) is 11.2. The smallest absolute Gasteiger partial charge is 0.342 e. The van der Waals surface area contributed by atoms with E-state index in [2.05, 4.69) is 0 Å². The number of rotatable bonds is 4. The van der Waals surface area contributed by atoms with Gasteiger partial charge in [0, 0.05) is 16.7 Å². The van der Waals surface area contributed by atoms with Gasteiger partial charge >= 0.3 is 5.97 Å². The van der Waals surface area contributed by atoms with Gasteiger partial charge in [-0.2, -0.15) is 0 Å². The Labute approximate surface area is 208 Å². The number of Topliss-reactive ketones (excluding diaryl/α,β-unsaturated/α-hetero) is 1. The number of carbonyl (C=O) groups is 3. The minimum absolute atomic E-state index is 0.0637. The lowest BCUT2D eigenvalue weighted by atomic mass is 9.44. The van der Waals surface area contributed by atoms with Crippen LogP contribution in [0.4, 0.5) is 4.39 Å². The first-order valence-corrected chi connectivity index (χ1v) is 12.4. The summed E-state index contributed by atoms with van der Waals surface area (Å²) < 4.78 is 22.2. The summed E-state index contributed by atoms with van der Waals surface area (Å²) in [7, 11) is 0. The number of phenolic OH excluding ortho intramolecular Hbond substituents is 1. The first-order valence-electron chi connectivity index (χ1n) is 12.4. The molecule has 0 aliphatic heterocycles. The van der Waals surface area contributed by atoms with E-state index in [0.29, 0.717) is 24.8 Å². The molecule has 0 heterocycles. The number of aliphatic hydroxyl groups excluding tert-OH is 1. The van der Waals surface area contributed by atoms with Crippen LogP contribution in [0.25, 0.3) is 0 Å². The number of para-hydroxylation sites is 1. The van der Waals surface area contributed by atoms with E-state index in [9.17, 15) is 29.7 Å². The zero-order valence-corrected chi connectivity index (χ0v) is 20.4. The zero-order valence-electron chi connectivity index (χ0n) is 20.4. The Balaban J connectivity index is 1.40. The number of ether oxygens (including phenoxy) is 1. The number of aliphatic hydroxyl groups is 2. The molecule has 1 aromatic carbocycles. The van der Waals surface area contributed by atoms with Gasteiger partial charge in [0.15, 0.2) is 18.1 Å². The van der Waals surface area contributed by atoms with E-state index in [1.807, 2.05) is 0 Å². The summed E-state index contributed by atoms with van der Waals surface area (Å²) in [5, 5.41) is 32.8. The van der Waals surface area contributed by atoms with Gasteiger partial charge < -0.3 is 20.1 Å². The van der Waals surface area contributed by atoms with Gasteiger partial charge in [0.25, 0.3) is 0 Å². The average Bonchev–Trinajstić information content (AvgIpc) is 3.10. The van der Waals surface area contributed by atoms with Crippen molar-refractivity contribution in [2.45, 2.75) is 63.3 Å². The van der Waals surface area contributed by atoms with Crippen LogP contribution in [0.2, 0.25) is 0 Å². The fourth-order valence-corrected chi connectivity index (χ4v) is 7.65. The van der Waals surface area contributed by atoms with Crippen molar-refractivity contribution in [1.29, 1.82) is 0 Å². The van der Waals surface area contributed by atoms with Crippen molar-refractivity contribution in [2.24, 2.45) is 22.7 Å². The highest BCUT2D eigenvalue weighted by Crippen LogP contribution is 2.69. The Bertz CT molecular complexity index is 1210. The number of aromatic hydroxyl groups is 1. The molecular weight excluding hydrogens is 467 g/mol. The van der Waals surface area contributed by atoms with Gasteiger partial charge in [-0.3, -0.25) is 9.59 Å². The number of esters is 1. The molecule has 8 heteroatoms. The number of allylic oxidation sites excluding steroid dienone is 4. The highest BCUT2D eigenvalue weighted by molar-refractivity contribution is 6.01. The van der Waals surface area contributed by atoms with E-state index in [0.717, 1.165) is 0 Å². The first-order chi connectivity index (χ1) is 16.9. The molecule has 0 aromatic heterocycles. The van der Waals surface area contributed by atoms with Gasteiger partial charge in [-0.25, -0.2) is 9.18 Å². The van der Waals surface area contributed by atoms with Gasteiger partial charge in [-0.05, 0) is 69.2 Å². The lowest BCUT2D eigenvalue weighted by Gasteiger charge is -2.62. The van der Waals surface area contributed by atoms with Gasteiger partial charge in [0.05, 0.1) is 6.10 Å². The molecule has 4 aliphatic rings. The Morgan fingerprint density at radius 3 is 2.61 bits per heavy atom. The molecule has 3 fully saturated rings. The molecule has 5 rings (SSSR count). The number of fused-ring (bicyclic) bond motifs is 5. The number of benzene rings is 1. The van der Waals surface area contributed by atoms with Crippen molar-refractivity contribution in [2.75, 3.05) is 6.61 Å². The number of hydrogen-bond acceptors (Lipinski definition) is 7. The molecule has 0 radical (unpaired) electrons. The van der Waals surface area contributed by atoms with Crippen LogP contribution < -0.4 is 0 Å². The summed E-state index contributed by atoms with van der Waals surface area (Å²) in [6.45, 7) is 2.72. The molecule has 3 N–H and O–H groups in total. The SMILES string of the molecule is CC12C=CC(=O)C=C1CCC1C3CCC(O)(C(=O)COC(=O)c4ccccc4O)C3(C)CC(O)C12F. The van der Waals surface area contributed by atoms with Crippen molar-refractivity contribution >= 4 is 17.5 Å². The standard InChI is InChI=1S/C28H31FO7/c1-25-11-9-17(30)13-16(25)7-8-20-19-10-12-27(35,26(19,2)14-22(32)28(20,25)29)23(33)15-36-24(34)18-5-3-4-6-21(18)31/h3-6,9,11,13,19-20,22,31-32,35H,7-8,10,12,14-15H2,1-2H3. The zero-order chi connectivity index (χ0) is 26.1. The third kappa shape index (κ3) is 3.13. The molecule has 36 heavy (non-hydrogen) atoms. The van der Waals surface area contributed by atoms with Gasteiger partial charge in [-0.15, -0.1) is 0 Å². The number of carbonyl (C=O) groups excluding carboxylic acids is 3. The average molecular weight is 499 g/mol. The van der Waals surface area contributed by atoms with E-state index in [1.54, 1.807) is 32.1 Å². The van der Waals surface area contributed by atoms with Crippen molar-refractivity contribution in [1.82, 2.24) is 0 Å². The summed E-state index contributed by atoms with van der Waals surface area (Å²) in [5.74, 6) is -3.10. The quantitative estimate of drug-likeness (QED) is 0.545. The van der Waals surface area contributed by atoms with E-state index in [1.165, 1.54) is 24.3 Å². The lowest BCUT2D eigenvalue weighted by molar-refractivity contribution is -0.217. The minimum Gasteiger partial charge on any atom is -0.507 e. The van der Waals surface area contributed by atoms with Crippen LogP contribution in [-0.2, 0) is 14.3 Å². The molecule has 7 nitrogen and oxygen atoms in total. The molecular formula is C28H31FO7. The number of ketones is 2. The summed E-state index contributed by atoms with van der Waals surface area (Å²) in [4.78, 5) is 37.6. The Morgan fingerprint density at radius 1 is 1.17 bits per heavy atom. The third-order valence-corrected chi connectivity index (χ3v) is 9.71. The van der Waals surface area contributed by atoms with Crippen molar-refractivity contribution in [3.63, 3.8) is 0 Å². The molecule has 4 aliphatic carbocycles. The second kappa shape index (κ2) is 8.08. The van der Waals surface area contributed by atoms with Gasteiger partial charge in [0.1, 0.15) is 16.9 Å². The molecule has 192 valence electrons. The minimum atomic E-state index is -2.05. The summed E-state index contributed by atoms with van der Waals surface area (Å²) >= 11 is 0. The predicted molar refractivity (Wildman–Crippen MR) is 127 cm³/mol. The van der Waals surface area contributed by atoms with Crippen LogP contribution in [0.3, 0.4) is 0 Å². The Kier molecular flexibility index (Phi) is 5.58. The van der Waals surface area contributed by atoms with Crippen molar-refractivity contribution in [3.05, 3.63) is 53.6 Å². The van der Waals surface area contributed by atoms with Crippen LogP contribution >= 0.6 is 0 Å². The Hall–Kier alpha value is -2.84. The van der Waals surface area contributed by atoms with E-state index < -0.39 is 58.4 Å². The van der Waals surface area contributed by atoms with Gasteiger partial charge in [0.2, 0.25) is 5.78 Å². The largest absolute Gasteiger partial charge is 0.507 e. The Morgan fingerprint density at radius 2 is 1.89 bits per heavy atom. The maximum atomic E-state index is 17.1. The van der Waals surface area contributed by atoms with E-state index in [-0.39, 0.29) is 29.9 Å². The topological polar surface area (TPSA) is 121 Å². The van der Waals surface area contributed by atoms with Crippen molar-refractivity contribution in [3.8, 4) is 5.75 Å². The van der Waals surface area contributed by atoms with E-state index in [4.69, 9.17) is 4.74 Å². The molecule has 0 saturated heterocycles.